The standard InChI is InChI=1S/C12H11N3.C2H4O2/c1-7-12-8-4-2-3-5-9(8)15-10(12)6-11(13)14-7;1-2(3)4/h2-6,15H,1H3,(H2,13,14);1H3,(H,3,4)/i11+1;. The highest BCUT2D eigenvalue weighted by atomic mass is 16.4. The number of carboxylic acids is 1. The number of hydrogen-bond acceptors (Lipinski definition) is 3. The first-order valence-electron chi connectivity index (χ1n) is 5.82. The molecule has 3 aromatic rings. The Hall–Kier alpha value is -2.56. The average Bonchev–Trinajstić information content (AvgIpc) is 2.65. The molecule has 0 spiro atoms. The van der Waals surface area contributed by atoms with Crippen molar-refractivity contribution in [2.75, 3.05) is 5.73 Å². The molecule has 0 aliphatic rings. The van der Waals surface area contributed by atoms with Gasteiger partial charge in [-0.2, -0.15) is 0 Å². The molecule has 0 atom stereocenters. The zero-order valence-electron chi connectivity index (χ0n) is 10.8. The molecule has 0 amide bonds. The van der Waals surface area contributed by atoms with E-state index in [-0.39, 0.29) is 0 Å². The van der Waals surface area contributed by atoms with Gasteiger partial charge in [-0.15, -0.1) is 0 Å². The van der Waals surface area contributed by atoms with Crippen molar-refractivity contribution in [3.63, 3.8) is 0 Å². The van der Waals surface area contributed by atoms with Gasteiger partial charge in [0.15, 0.2) is 0 Å². The molecule has 0 saturated carbocycles. The number of aliphatic carboxylic acids is 1. The fourth-order valence-electron chi connectivity index (χ4n) is 2.09. The van der Waals surface area contributed by atoms with E-state index in [1.54, 1.807) is 0 Å². The number of fused-ring (bicyclic) bond motifs is 3. The lowest BCUT2D eigenvalue weighted by atomic mass is 10.1. The van der Waals surface area contributed by atoms with Crippen LogP contribution < -0.4 is 5.73 Å². The number of pyridine rings is 1. The molecule has 5 heteroatoms. The maximum Gasteiger partial charge on any atom is 0.300 e. The van der Waals surface area contributed by atoms with Gasteiger partial charge in [-0.05, 0) is 13.0 Å². The molecule has 3 rings (SSSR count). The van der Waals surface area contributed by atoms with E-state index in [2.05, 4.69) is 22.1 Å². The lowest BCUT2D eigenvalue weighted by Crippen LogP contribution is -1.91. The third kappa shape index (κ3) is 2.65. The molecule has 2 heterocycles. The third-order valence-corrected chi connectivity index (χ3v) is 2.69. The zero-order chi connectivity index (χ0) is 14.0. The van der Waals surface area contributed by atoms with Gasteiger partial charge in [0.2, 0.25) is 0 Å². The van der Waals surface area contributed by atoms with Crippen molar-refractivity contribution in [2.24, 2.45) is 0 Å². The van der Waals surface area contributed by atoms with E-state index in [9.17, 15) is 0 Å². The van der Waals surface area contributed by atoms with Gasteiger partial charge in [-0.3, -0.25) is 4.79 Å². The van der Waals surface area contributed by atoms with Gasteiger partial charge in [0, 0.05) is 35.0 Å². The van der Waals surface area contributed by atoms with E-state index in [0.717, 1.165) is 23.7 Å². The summed E-state index contributed by atoms with van der Waals surface area (Å²) >= 11 is 0. The van der Waals surface area contributed by atoms with Crippen LogP contribution in [0.5, 0.6) is 0 Å². The van der Waals surface area contributed by atoms with Gasteiger partial charge in [0.05, 0.1) is 5.52 Å². The summed E-state index contributed by atoms with van der Waals surface area (Å²) < 4.78 is 0. The summed E-state index contributed by atoms with van der Waals surface area (Å²) in [5.74, 6) is -0.272. The molecule has 1 aromatic carbocycles. The third-order valence-electron chi connectivity index (χ3n) is 2.69. The summed E-state index contributed by atoms with van der Waals surface area (Å²) in [6.45, 7) is 3.07. The first-order valence-corrected chi connectivity index (χ1v) is 5.82. The molecule has 19 heavy (non-hydrogen) atoms. The van der Waals surface area contributed by atoms with Crippen LogP contribution in [-0.4, -0.2) is 21.0 Å². The first-order chi connectivity index (χ1) is 8.99. The highest BCUT2D eigenvalue weighted by molar-refractivity contribution is 6.08. The molecule has 0 radical (unpaired) electrons. The SMILES string of the molecule is CC(=O)O.Cc1n[13c](N)cc2[nH]c3ccccc3c12. The molecule has 0 aliphatic carbocycles. The zero-order valence-corrected chi connectivity index (χ0v) is 10.8. The predicted molar refractivity (Wildman–Crippen MR) is 76.1 cm³/mol. The van der Waals surface area contributed by atoms with Gasteiger partial charge >= 0.3 is 0 Å². The van der Waals surface area contributed by atoms with Crippen molar-refractivity contribution in [3.05, 3.63) is 36.0 Å². The Bertz CT molecular complexity index is 743. The number of anilines is 1. The number of H-pyrrole nitrogens is 1. The summed E-state index contributed by atoms with van der Waals surface area (Å²) in [4.78, 5) is 16.6. The van der Waals surface area contributed by atoms with E-state index >= 15 is 0 Å². The highest BCUT2D eigenvalue weighted by Crippen LogP contribution is 2.27. The minimum Gasteiger partial charge on any atom is -0.481 e. The van der Waals surface area contributed by atoms with Gasteiger partial charge in [0.25, 0.3) is 5.97 Å². The lowest BCUT2D eigenvalue weighted by Gasteiger charge is -1.98. The van der Waals surface area contributed by atoms with Crippen LogP contribution in [0.25, 0.3) is 21.8 Å². The Morgan fingerprint density at radius 1 is 1.32 bits per heavy atom. The second-order valence-corrected chi connectivity index (χ2v) is 4.24. The number of benzene rings is 1. The largest absolute Gasteiger partial charge is 0.481 e. The van der Waals surface area contributed by atoms with Crippen LogP contribution in [0.4, 0.5) is 5.82 Å². The number of rotatable bonds is 0. The van der Waals surface area contributed by atoms with Gasteiger partial charge < -0.3 is 15.8 Å². The molecule has 5 nitrogen and oxygen atoms in total. The maximum atomic E-state index is 9.00. The summed E-state index contributed by atoms with van der Waals surface area (Å²) in [5, 5.41) is 9.79. The summed E-state index contributed by atoms with van der Waals surface area (Å²) in [7, 11) is 0. The number of nitrogen functional groups attached to an aromatic ring is 1. The molecule has 0 aliphatic heterocycles. The Labute approximate surface area is 110 Å². The second-order valence-electron chi connectivity index (χ2n) is 4.24. The number of aromatic nitrogens is 2. The van der Waals surface area contributed by atoms with E-state index < -0.39 is 5.97 Å². The van der Waals surface area contributed by atoms with Crippen molar-refractivity contribution >= 4 is 33.6 Å². The summed E-state index contributed by atoms with van der Waals surface area (Å²) in [5.41, 5.74) is 8.87. The number of carboxylic acid groups (broad SMARTS) is 1. The Balaban J connectivity index is 0.000000297. The van der Waals surface area contributed by atoms with Crippen LogP contribution >= 0.6 is 0 Å². The Kier molecular flexibility index (Phi) is 3.37. The quantitative estimate of drug-likeness (QED) is 0.578. The van der Waals surface area contributed by atoms with Crippen LogP contribution in [0, 0.1) is 6.92 Å². The van der Waals surface area contributed by atoms with E-state index in [1.807, 2.05) is 25.1 Å². The van der Waals surface area contributed by atoms with Crippen LogP contribution in [0.15, 0.2) is 30.3 Å². The normalized spacial score (nSPS) is 10.2. The number of aryl methyl sites for hydroxylation is 1. The molecule has 0 saturated heterocycles. The molecule has 0 fully saturated rings. The van der Waals surface area contributed by atoms with Gasteiger partial charge in [0.1, 0.15) is 5.82 Å². The molecule has 2 aromatic heterocycles. The first kappa shape index (κ1) is 12.9. The fraction of sp³-hybridized carbons (Fsp3) is 0.143. The minimum absolute atomic E-state index is 0.562. The number of nitrogens with one attached hydrogen (secondary N) is 1. The topological polar surface area (TPSA) is 92.0 Å². The monoisotopic (exact) mass is 258 g/mol. The number of carbonyl (C=O) groups is 1. The van der Waals surface area contributed by atoms with Crippen molar-refractivity contribution in [3.8, 4) is 0 Å². The predicted octanol–water partition coefficient (Wildman–Crippen LogP) is 2.70. The van der Waals surface area contributed by atoms with E-state index in [0.29, 0.717) is 5.82 Å². The number of nitrogens with zero attached hydrogens (tertiary/aromatic N) is 1. The fourth-order valence-corrected chi connectivity index (χ4v) is 2.09. The van der Waals surface area contributed by atoms with E-state index in [4.69, 9.17) is 15.6 Å². The smallest absolute Gasteiger partial charge is 0.300 e. The highest BCUT2D eigenvalue weighted by Gasteiger charge is 2.07. The number of aromatic amines is 1. The molecular weight excluding hydrogens is 243 g/mol. The molecule has 4 N–H and O–H groups in total. The van der Waals surface area contributed by atoms with Gasteiger partial charge in [-0.25, -0.2) is 4.98 Å². The van der Waals surface area contributed by atoms with Crippen molar-refractivity contribution in [1.29, 1.82) is 0 Å². The summed E-state index contributed by atoms with van der Waals surface area (Å²) in [6.07, 6.45) is 0. The molecular formula is C14H15N3O2. The van der Waals surface area contributed by atoms with Crippen LogP contribution in [-0.2, 0) is 4.79 Å². The van der Waals surface area contributed by atoms with Gasteiger partial charge in [-0.1, -0.05) is 18.2 Å². The summed E-state index contributed by atoms with van der Waals surface area (Å²) in [6, 6.07) is 10.1. The molecule has 0 unspecified atom stereocenters. The van der Waals surface area contributed by atoms with Crippen LogP contribution in [0.1, 0.15) is 12.6 Å². The van der Waals surface area contributed by atoms with Crippen LogP contribution in [0.2, 0.25) is 0 Å². The number of nitrogens with two attached hydrogens (primary N) is 1. The Morgan fingerprint density at radius 3 is 2.63 bits per heavy atom. The Morgan fingerprint density at radius 2 is 1.95 bits per heavy atom. The van der Waals surface area contributed by atoms with Crippen molar-refractivity contribution in [2.45, 2.75) is 13.8 Å². The van der Waals surface area contributed by atoms with Crippen molar-refractivity contribution < 1.29 is 9.90 Å². The number of para-hydroxylation sites is 1. The van der Waals surface area contributed by atoms with E-state index in [1.165, 1.54) is 10.8 Å². The molecule has 0 bridgehead atoms. The lowest BCUT2D eigenvalue weighted by molar-refractivity contribution is -0.134. The second kappa shape index (κ2) is 4.97. The molecule has 98 valence electrons. The average molecular weight is 258 g/mol. The number of hydrogen-bond donors (Lipinski definition) is 3. The van der Waals surface area contributed by atoms with Crippen LogP contribution in [0.3, 0.4) is 0 Å². The minimum atomic E-state index is -0.833. The maximum absolute atomic E-state index is 9.00. The van der Waals surface area contributed by atoms with Crippen molar-refractivity contribution in [1.82, 2.24) is 9.97 Å².